The summed E-state index contributed by atoms with van der Waals surface area (Å²) in [4.78, 5) is 15.1. The Labute approximate surface area is 154 Å². The second-order valence-corrected chi connectivity index (χ2v) is 7.87. The van der Waals surface area contributed by atoms with Crippen LogP contribution in [0.4, 0.5) is 0 Å². The SMILES string of the molecule is Cc1ccc(C2CC(C(=O)N3CCCC(C)(c4ccccc4)C3)NN2)o1. The largest absolute Gasteiger partial charge is 0.465 e. The molecule has 2 aliphatic rings. The van der Waals surface area contributed by atoms with Crippen LogP contribution in [0.15, 0.2) is 46.9 Å². The van der Waals surface area contributed by atoms with Gasteiger partial charge in [0.05, 0.1) is 6.04 Å². The molecule has 0 saturated carbocycles. The zero-order valence-electron chi connectivity index (χ0n) is 15.5. The van der Waals surface area contributed by atoms with Gasteiger partial charge in [-0.25, -0.2) is 10.9 Å². The van der Waals surface area contributed by atoms with Gasteiger partial charge in [0.15, 0.2) is 0 Å². The van der Waals surface area contributed by atoms with Gasteiger partial charge in [-0.05, 0) is 43.9 Å². The van der Waals surface area contributed by atoms with Gasteiger partial charge in [0.25, 0.3) is 0 Å². The highest BCUT2D eigenvalue weighted by Gasteiger charge is 2.39. The van der Waals surface area contributed by atoms with E-state index in [1.807, 2.05) is 30.0 Å². The number of furan rings is 1. The van der Waals surface area contributed by atoms with Gasteiger partial charge in [-0.3, -0.25) is 4.79 Å². The molecule has 1 aromatic heterocycles. The van der Waals surface area contributed by atoms with E-state index in [1.54, 1.807) is 0 Å². The van der Waals surface area contributed by atoms with Crippen molar-refractivity contribution >= 4 is 5.91 Å². The smallest absolute Gasteiger partial charge is 0.241 e. The number of likely N-dealkylation sites (tertiary alicyclic amines) is 1. The summed E-state index contributed by atoms with van der Waals surface area (Å²) >= 11 is 0. The van der Waals surface area contributed by atoms with Crippen LogP contribution in [0, 0.1) is 6.92 Å². The van der Waals surface area contributed by atoms with Crippen molar-refractivity contribution < 1.29 is 9.21 Å². The van der Waals surface area contributed by atoms with E-state index in [1.165, 1.54) is 5.56 Å². The third-order valence-electron chi connectivity index (χ3n) is 5.78. The maximum Gasteiger partial charge on any atom is 0.241 e. The lowest BCUT2D eigenvalue weighted by Gasteiger charge is -2.41. The monoisotopic (exact) mass is 353 g/mol. The van der Waals surface area contributed by atoms with Crippen LogP contribution in [-0.4, -0.2) is 29.9 Å². The van der Waals surface area contributed by atoms with Crippen molar-refractivity contribution in [2.75, 3.05) is 13.1 Å². The molecule has 5 nitrogen and oxygen atoms in total. The van der Waals surface area contributed by atoms with Gasteiger partial charge in [0, 0.05) is 18.5 Å². The quantitative estimate of drug-likeness (QED) is 0.890. The molecule has 26 heavy (non-hydrogen) atoms. The van der Waals surface area contributed by atoms with Crippen LogP contribution >= 0.6 is 0 Å². The average Bonchev–Trinajstić information content (AvgIpc) is 3.31. The van der Waals surface area contributed by atoms with Crippen LogP contribution in [0.5, 0.6) is 0 Å². The van der Waals surface area contributed by atoms with E-state index in [4.69, 9.17) is 4.42 Å². The number of carbonyl (C=O) groups excluding carboxylic acids is 1. The first kappa shape index (κ1) is 17.3. The Morgan fingerprint density at radius 1 is 1.19 bits per heavy atom. The van der Waals surface area contributed by atoms with Crippen molar-refractivity contribution in [3.63, 3.8) is 0 Å². The number of hydrogen-bond acceptors (Lipinski definition) is 4. The van der Waals surface area contributed by atoms with Gasteiger partial charge < -0.3 is 9.32 Å². The van der Waals surface area contributed by atoms with Crippen LogP contribution in [0.2, 0.25) is 0 Å². The van der Waals surface area contributed by atoms with Crippen molar-refractivity contribution in [1.29, 1.82) is 0 Å². The normalized spacial score (nSPS) is 29.1. The van der Waals surface area contributed by atoms with E-state index in [9.17, 15) is 4.79 Å². The first-order chi connectivity index (χ1) is 12.5. The van der Waals surface area contributed by atoms with Crippen molar-refractivity contribution in [3.05, 3.63) is 59.5 Å². The van der Waals surface area contributed by atoms with Gasteiger partial charge in [-0.2, -0.15) is 0 Å². The molecule has 0 radical (unpaired) electrons. The summed E-state index contributed by atoms with van der Waals surface area (Å²) < 4.78 is 5.70. The summed E-state index contributed by atoms with van der Waals surface area (Å²) in [6.45, 7) is 5.83. The molecule has 4 rings (SSSR count). The lowest BCUT2D eigenvalue weighted by atomic mass is 9.76. The Morgan fingerprint density at radius 3 is 2.73 bits per heavy atom. The van der Waals surface area contributed by atoms with E-state index in [2.05, 4.69) is 42.0 Å². The van der Waals surface area contributed by atoms with Crippen molar-refractivity contribution in [2.24, 2.45) is 0 Å². The van der Waals surface area contributed by atoms with Crippen LogP contribution in [0.3, 0.4) is 0 Å². The van der Waals surface area contributed by atoms with E-state index < -0.39 is 0 Å². The van der Waals surface area contributed by atoms with Gasteiger partial charge in [-0.15, -0.1) is 0 Å². The first-order valence-corrected chi connectivity index (χ1v) is 9.47. The average molecular weight is 353 g/mol. The molecule has 0 spiro atoms. The molecule has 1 aromatic carbocycles. The summed E-state index contributed by atoms with van der Waals surface area (Å²) in [5, 5.41) is 0. The minimum atomic E-state index is -0.205. The van der Waals surface area contributed by atoms with Crippen LogP contribution < -0.4 is 10.9 Å². The fourth-order valence-electron chi connectivity index (χ4n) is 4.27. The molecule has 2 N–H and O–H groups in total. The number of benzene rings is 1. The minimum Gasteiger partial charge on any atom is -0.465 e. The molecule has 138 valence electrons. The number of carbonyl (C=O) groups is 1. The molecule has 3 atom stereocenters. The fourth-order valence-corrected chi connectivity index (χ4v) is 4.27. The Bertz CT molecular complexity index is 773. The third-order valence-corrected chi connectivity index (χ3v) is 5.78. The van der Waals surface area contributed by atoms with Gasteiger partial charge in [0.2, 0.25) is 5.91 Å². The second-order valence-electron chi connectivity index (χ2n) is 7.87. The second kappa shape index (κ2) is 6.89. The van der Waals surface area contributed by atoms with Crippen molar-refractivity contribution in [1.82, 2.24) is 15.8 Å². The lowest BCUT2D eigenvalue weighted by Crippen LogP contribution is -2.52. The third kappa shape index (κ3) is 3.29. The molecule has 2 fully saturated rings. The Balaban J connectivity index is 1.43. The Morgan fingerprint density at radius 2 is 2.00 bits per heavy atom. The number of nitrogens with one attached hydrogen (secondary N) is 2. The standard InChI is InChI=1S/C21H27N3O2/c1-15-9-10-19(26-15)17-13-18(23-22-17)20(25)24-12-6-11-21(2,14-24)16-7-4-3-5-8-16/h3-5,7-10,17-18,22-23H,6,11-14H2,1-2H3. The van der Waals surface area contributed by atoms with E-state index in [0.29, 0.717) is 6.42 Å². The van der Waals surface area contributed by atoms with Crippen molar-refractivity contribution in [2.45, 2.75) is 50.6 Å². The highest BCUT2D eigenvalue weighted by atomic mass is 16.3. The number of rotatable bonds is 3. The van der Waals surface area contributed by atoms with Crippen LogP contribution in [0.25, 0.3) is 0 Å². The van der Waals surface area contributed by atoms with Gasteiger partial charge in [0.1, 0.15) is 17.6 Å². The number of amides is 1. The maximum atomic E-state index is 13.1. The summed E-state index contributed by atoms with van der Waals surface area (Å²) in [6.07, 6.45) is 2.87. The predicted octanol–water partition coefficient (Wildman–Crippen LogP) is 3.08. The highest BCUT2D eigenvalue weighted by Crippen LogP contribution is 2.34. The molecule has 3 heterocycles. The molecular weight excluding hydrogens is 326 g/mol. The van der Waals surface area contributed by atoms with Crippen molar-refractivity contribution in [3.8, 4) is 0 Å². The van der Waals surface area contributed by atoms with Crippen LogP contribution in [-0.2, 0) is 10.2 Å². The zero-order valence-corrected chi connectivity index (χ0v) is 15.5. The number of piperidine rings is 1. The Hall–Kier alpha value is -2.11. The molecule has 0 bridgehead atoms. The predicted molar refractivity (Wildman–Crippen MR) is 100 cm³/mol. The summed E-state index contributed by atoms with van der Waals surface area (Å²) in [5.41, 5.74) is 7.74. The van der Waals surface area contributed by atoms with E-state index >= 15 is 0 Å². The van der Waals surface area contributed by atoms with Gasteiger partial charge >= 0.3 is 0 Å². The zero-order chi connectivity index (χ0) is 18.1. The fraction of sp³-hybridized carbons (Fsp3) is 0.476. The van der Waals surface area contributed by atoms with Gasteiger partial charge in [-0.1, -0.05) is 37.3 Å². The minimum absolute atomic E-state index is 0.0265. The highest BCUT2D eigenvalue weighted by molar-refractivity contribution is 5.82. The molecule has 2 saturated heterocycles. The molecule has 1 amide bonds. The molecule has 0 aliphatic carbocycles. The number of nitrogens with zero attached hydrogens (tertiary/aromatic N) is 1. The summed E-state index contributed by atoms with van der Waals surface area (Å²) in [5.74, 6) is 1.97. The maximum absolute atomic E-state index is 13.1. The summed E-state index contributed by atoms with van der Waals surface area (Å²) in [6, 6.07) is 14.4. The molecule has 5 heteroatoms. The molecule has 3 unspecified atom stereocenters. The molecule has 2 aliphatic heterocycles. The van der Waals surface area contributed by atoms with Crippen LogP contribution in [0.1, 0.15) is 49.3 Å². The molecule has 2 aromatic rings. The number of hydrazine groups is 1. The number of hydrogen-bond donors (Lipinski definition) is 2. The lowest BCUT2D eigenvalue weighted by molar-refractivity contribution is -0.135. The number of aryl methyl sites for hydroxylation is 1. The van der Waals surface area contributed by atoms with E-state index in [-0.39, 0.29) is 23.4 Å². The summed E-state index contributed by atoms with van der Waals surface area (Å²) in [7, 11) is 0. The topological polar surface area (TPSA) is 57.5 Å². The Kier molecular flexibility index (Phi) is 4.59. The molecular formula is C21H27N3O2. The van der Waals surface area contributed by atoms with E-state index in [0.717, 1.165) is 37.5 Å². The first-order valence-electron chi connectivity index (χ1n) is 9.47.